The summed E-state index contributed by atoms with van der Waals surface area (Å²) in [4.78, 5) is 38.2. The second-order valence-corrected chi connectivity index (χ2v) is 12.4. The highest BCUT2D eigenvalue weighted by Gasteiger charge is 2.48. The Bertz CT molecular complexity index is 1830. The lowest BCUT2D eigenvalue weighted by Crippen LogP contribution is -2.52. The number of carbonyl (C=O) groups is 2. The number of nitrogens with zero attached hydrogens (tertiary/aromatic N) is 5. The summed E-state index contributed by atoms with van der Waals surface area (Å²) in [5.41, 5.74) is 4.75. The molecule has 2 aromatic carbocycles. The Morgan fingerprint density at radius 2 is 1.49 bits per heavy atom. The van der Waals surface area contributed by atoms with Crippen LogP contribution >= 0.6 is 11.6 Å². The number of amides is 1. The molecule has 2 aliphatic heterocycles. The number of aromatic nitrogens is 2. The molecule has 2 saturated carbocycles. The first-order valence-corrected chi connectivity index (χ1v) is 15.9. The maximum atomic E-state index is 12.5. The van der Waals surface area contributed by atoms with Crippen molar-refractivity contribution in [3.63, 3.8) is 0 Å². The van der Waals surface area contributed by atoms with Crippen molar-refractivity contribution < 1.29 is 19.1 Å². The van der Waals surface area contributed by atoms with Crippen LogP contribution in [0.25, 0.3) is 4.85 Å². The van der Waals surface area contributed by atoms with Crippen molar-refractivity contribution in [3.05, 3.63) is 130 Å². The second kappa shape index (κ2) is 14.5. The Morgan fingerprint density at radius 3 is 2.13 bits per heavy atom. The van der Waals surface area contributed by atoms with Gasteiger partial charge in [-0.1, -0.05) is 78.8 Å². The Balaban J connectivity index is 0.000000164. The number of ether oxygens (including phenoxy) is 2. The maximum Gasteiger partial charge on any atom is 0.415 e. The van der Waals surface area contributed by atoms with Gasteiger partial charge in [0.15, 0.2) is 5.69 Å². The summed E-state index contributed by atoms with van der Waals surface area (Å²) in [6.45, 7) is 7.67. The molecular weight excluding hydrogens is 614 g/mol. The zero-order chi connectivity index (χ0) is 32.8. The molecule has 47 heavy (non-hydrogen) atoms. The molecule has 10 heteroatoms. The van der Waals surface area contributed by atoms with Crippen LogP contribution in [0.4, 0.5) is 16.3 Å². The third-order valence-corrected chi connectivity index (χ3v) is 9.16. The van der Waals surface area contributed by atoms with Gasteiger partial charge in [0.2, 0.25) is 0 Å². The smallest absolute Gasteiger partial charge is 0.415 e. The number of anilines is 1. The number of hydrogen-bond donors (Lipinski definition) is 0. The zero-order valence-corrected chi connectivity index (χ0v) is 26.3. The van der Waals surface area contributed by atoms with Crippen molar-refractivity contribution in [2.45, 2.75) is 63.2 Å². The molecule has 1 amide bonds. The molecule has 4 aliphatic rings. The maximum absolute atomic E-state index is 12.5. The van der Waals surface area contributed by atoms with Crippen LogP contribution in [0.15, 0.2) is 84.9 Å². The third kappa shape index (κ3) is 7.43. The van der Waals surface area contributed by atoms with Crippen molar-refractivity contribution in [2.24, 2.45) is 5.92 Å². The predicted octanol–water partition coefficient (Wildman–Crippen LogP) is 8.27. The van der Waals surface area contributed by atoms with E-state index in [9.17, 15) is 9.59 Å². The van der Waals surface area contributed by atoms with Gasteiger partial charge in [-0.3, -0.25) is 9.69 Å². The lowest BCUT2D eigenvalue weighted by Gasteiger charge is -2.46. The van der Waals surface area contributed by atoms with E-state index in [0.717, 1.165) is 53.9 Å². The molecule has 236 valence electrons. The Kier molecular flexibility index (Phi) is 9.75. The minimum absolute atomic E-state index is 0.174. The minimum Gasteiger partial charge on any atom is -0.461 e. The molecule has 8 rings (SSSR count). The highest BCUT2D eigenvalue weighted by atomic mass is 35.5. The van der Waals surface area contributed by atoms with Gasteiger partial charge in [0.25, 0.3) is 5.82 Å². The first-order chi connectivity index (χ1) is 22.9. The van der Waals surface area contributed by atoms with Gasteiger partial charge in [-0.15, -0.1) is 4.98 Å². The Hall–Kier alpha value is -5.25. The van der Waals surface area contributed by atoms with Crippen molar-refractivity contribution >= 4 is 35.2 Å². The van der Waals surface area contributed by atoms with Crippen LogP contribution in [-0.4, -0.2) is 28.1 Å². The molecule has 0 radical (unpaired) electrons. The van der Waals surface area contributed by atoms with Crippen LogP contribution in [0.3, 0.4) is 0 Å². The number of halogens is 1. The molecular formula is C37H32ClN5O4. The standard InChI is InChI=1S/C19H17ClN2O2.C18H15N3O2/c20-17-7-6-16(11-21)22-19(17)15-8-14(9-15)10-18(23)24-12-13-4-2-1-3-5-13;1-19-16-8-7-15-17(20-16)13-9-14(10-13)21(15)18(22)23-11-12-5-3-2-4-6-12/h1-7,14-15H,8-10,12H2;2-8,13-14H,9-11H2. The molecule has 0 unspecified atom stereocenters. The number of esters is 1. The van der Waals surface area contributed by atoms with Crippen molar-refractivity contribution in [1.29, 1.82) is 5.26 Å². The van der Waals surface area contributed by atoms with Crippen LogP contribution in [0.2, 0.25) is 5.02 Å². The summed E-state index contributed by atoms with van der Waals surface area (Å²) < 4.78 is 10.8. The van der Waals surface area contributed by atoms with Crippen LogP contribution in [0, 0.1) is 23.8 Å². The lowest BCUT2D eigenvalue weighted by molar-refractivity contribution is -0.146. The molecule has 0 spiro atoms. The number of nitriles is 1. The van der Waals surface area contributed by atoms with Crippen molar-refractivity contribution in [3.8, 4) is 6.07 Å². The number of hydrogen-bond acceptors (Lipinski definition) is 7. The van der Waals surface area contributed by atoms with Gasteiger partial charge in [0, 0.05) is 24.3 Å². The zero-order valence-electron chi connectivity index (χ0n) is 25.6. The molecule has 0 N–H and O–H groups in total. The molecule has 2 fully saturated rings. The van der Waals surface area contributed by atoms with Crippen molar-refractivity contribution in [1.82, 2.24) is 9.97 Å². The molecule has 2 aromatic heterocycles. The SMILES string of the molecule is N#Cc1ccc(Cl)c(C2CC(CC(=O)OCc3ccccc3)C2)n1.[C-]#[N+]c1ccc2c(n1)C1CC(C1)N2C(=O)OCc1ccccc1. The highest BCUT2D eigenvalue weighted by Crippen LogP contribution is 2.50. The third-order valence-electron chi connectivity index (χ3n) is 8.84. The molecule has 4 aromatic rings. The van der Waals surface area contributed by atoms with Gasteiger partial charge in [-0.05, 0) is 67.0 Å². The Labute approximate surface area is 278 Å². The first kappa shape index (κ1) is 31.7. The second-order valence-electron chi connectivity index (χ2n) is 12.0. The lowest BCUT2D eigenvalue weighted by atomic mass is 9.71. The van der Waals surface area contributed by atoms with E-state index in [2.05, 4.69) is 14.8 Å². The average molecular weight is 646 g/mol. The number of benzene rings is 2. The normalized spacial score (nSPS) is 20.0. The quantitative estimate of drug-likeness (QED) is 0.147. The molecule has 2 aliphatic carbocycles. The van der Waals surface area contributed by atoms with E-state index in [1.807, 2.05) is 72.8 Å². The predicted molar refractivity (Wildman–Crippen MR) is 176 cm³/mol. The summed E-state index contributed by atoms with van der Waals surface area (Å²) in [5.74, 6) is 1.09. The summed E-state index contributed by atoms with van der Waals surface area (Å²) in [5, 5.41) is 9.52. The van der Waals surface area contributed by atoms with Gasteiger partial charge in [-0.2, -0.15) is 5.26 Å². The van der Waals surface area contributed by atoms with Crippen molar-refractivity contribution in [2.75, 3.05) is 4.90 Å². The molecule has 9 nitrogen and oxygen atoms in total. The Morgan fingerprint density at radius 1 is 0.851 bits per heavy atom. The minimum atomic E-state index is -0.337. The fourth-order valence-electron chi connectivity index (χ4n) is 6.24. The number of pyridine rings is 2. The molecule has 0 atom stereocenters. The van der Waals surface area contributed by atoms with E-state index in [4.69, 9.17) is 32.9 Å². The summed E-state index contributed by atoms with van der Waals surface area (Å²) in [6, 6.07) is 28.3. The average Bonchev–Trinajstić information content (AvgIpc) is 3.08. The summed E-state index contributed by atoms with van der Waals surface area (Å²) in [6.07, 6.45) is 3.59. The van der Waals surface area contributed by atoms with Crippen LogP contribution in [-0.2, 0) is 27.5 Å². The van der Waals surface area contributed by atoms with Gasteiger partial charge in [0.1, 0.15) is 25.0 Å². The van der Waals surface area contributed by atoms with Crippen LogP contribution in [0.1, 0.15) is 72.1 Å². The largest absolute Gasteiger partial charge is 0.461 e. The fourth-order valence-corrected chi connectivity index (χ4v) is 6.50. The summed E-state index contributed by atoms with van der Waals surface area (Å²) >= 11 is 6.17. The van der Waals surface area contributed by atoms with Crippen LogP contribution in [0.5, 0.6) is 0 Å². The highest BCUT2D eigenvalue weighted by molar-refractivity contribution is 6.31. The molecule has 0 saturated heterocycles. The van der Waals surface area contributed by atoms with Gasteiger partial charge in [0.05, 0.1) is 16.4 Å². The number of carbonyl (C=O) groups excluding carboxylic acids is 2. The van der Waals surface area contributed by atoms with Crippen LogP contribution < -0.4 is 4.90 Å². The molecule has 4 heterocycles. The van der Waals surface area contributed by atoms with E-state index in [1.54, 1.807) is 23.1 Å². The molecule has 2 bridgehead atoms. The summed E-state index contributed by atoms with van der Waals surface area (Å²) in [7, 11) is 0. The van der Waals surface area contributed by atoms with E-state index in [0.29, 0.717) is 41.4 Å². The monoisotopic (exact) mass is 645 g/mol. The van der Waals surface area contributed by atoms with E-state index >= 15 is 0 Å². The topological polar surface area (TPSA) is 110 Å². The van der Waals surface area contributed by atoms with E-state index in [-0.39, 0.29) is 30.6 Å². The van der Waals surface area contributed by atoms with E-state index in [1.165, 1.54) is 0 Å². The van der Waals surface area contributed by atoms with Gasteiger partial charge in [-0.25, -0.2) is 9.78 Å². The first-order valence-electron chi connectivity index (χ1n) is 15.6. The van der Waals surface area contributed by atoms with Gasteiger partial charge >= 0.3 is 12.1 Å². The van der Waals surface area contributed by atoms with E-state index < -0.39 is 0 Å². The number of rotatable bonds is 7. The fraction of sp³-hybridized carbons (Fsp3) is 0.297. The van der Waals surface area contributed by atoms with Gasteiger partial charge < -0.3 is 14.3 Å².